The summed E-state index contributed by atoms with van der Waals surface area (Å²) in [5.74, 6) is 0. The molecule has 0 atom stereocenters. The smallest absolute Gasteiger partial charge is 0.257 e. The number of H-pyrrole nitrogens is 1. The summed E-state index contributed by atoms with van der Waals surface area (Å²) < 4.78 is 24.6. The van der Waals surface area contributed by atoms with Crippen LogP contribution in [0.15, 0.2) is 40.2 Å². The van der Waals surface area contributed by atoms with E-state index < -0.39 is 10.0 Å². The van der Waals surface area contributed by atoms with E-state index in [0.29, 0.717) is 21.6 Å². The van der Waals surface area contributed by atoms with E-state index in [0.717, 1.165) is 5.39 Å². The average molecular weight is 366 g/mol. The van der Waals surface area contributed by atoms with Gasteiger partial charge >= 0.3 is 0 Å². The van der Waals surface area contributed by atoms with Crippen LogP contribution in [0, 0.1) is 11.3 Å². The summed E-state index contributed by atoms with van der Waals surface area (Å²) in [6.45, 7) is 0. The zero-order valence-electron chi connectivity index (χ0n) is 10.4. The Morgan fingerprint density at radius 3 is 2.81 bits per heavy atom. The number of rotatable bonds is 2. The second-order valence-corrected chi connectivity index (χ2v) is 6.52. The molecule has 9 heteroatoms. The Bertz CT molecular complexity index is 996. The number of imidazole rings is 1. The second-order valence-electron chi connectivity index (χ2n) is 4.30. The van der Waals surface area contributed by atoms with Gasteiger partial charge in [-0.2, -0.15) is 5.26 Å². The highest BCUT2D eigenvalue weighted by atomic mass is 79.9. The number of nitrogens with two attached hydrogens (primary N) is 1. The minimum Gasteiger partial charge on any atom is -0.345 e. The fraction of sp³-hybridized carbons (Fsp3) is 0. The number of hydrogen-bond donors (Lipinski definition) is 2. The van der Waals surface area contributed by atoms with Gasteiger partial charge in [0, 0.05) is 5.39 Å². The number of aromatic amines is 1. The van der Waals surface area contributed by atoms with Gasteiger partial charge in [0.1, 0.15) is 11.8 Å². The molecule has 2 heterocycles. The van der Waals surface area contributed by atoms with Gasteiger partial charge in [0.15, 0.2) is 9.76 Å². The Morgan fingerprint density at radius 2 is 2.19 bits per heavy atom. The molecule has 7 nitrogen and oxygen atoms in total. The van der Waals surface area contributed by atoms with E-state index in [4.69, 9.17) is 10.4 Å². The van der Waals surface area contributed by atoms with Crippen molar-refractivity contribution in [3.63, 3.8) is 0 Å². The number of aromatic nitrogens is 3. The number of nitriles is 1. The predicted molar refractivity (Wildman–Crippen MR) is 79.2 cm³/mol. The van der Waals surface area contributed by atoms with Gasteiger partial charge in [-0.15, -0.1) is 0 Å². The molecule has 0 saturated carbocycles. The van der Waals surface area contributed by atoms with Crippen molar-refractivity contribution in [1.82, 2.24) is 14.5 Å². The highest BCUT2D eigenvalue weighted by Gasteiger charge is 2.17. The Balaban J connectivity index is 2.29. The topological polar surface area (TPSA) is 118 Å². The number of fused-ring (bicyclic) bond motifs is 1. The van der Waals surface area contributed by atoms with E-state index in [1.165, 1.54) is 6.20 Å². The number of halogens is 1. The number of sulfonamides is 1. The lowest BCUT2D eigenvalue weighted by Crippen LogP contribution is -2.12. The fourth-order valence-corrected chi connectivity index (χ4v) is 3.11. The third-order valence-corrected chi connectivity index (χ3v) is 4.29. The van der Waals surface area contributed by atoms with E-state index in [2.05, 4.69) is 25.9 Å². The van der Waals surface area contributed by atoms with Gasteiger partial charge in [-0.25, -0.2) is 18.5 Å². The monoisotopic (exact) mass is 365 g/mol. The van der Waals surface area contributed by atoms with Crippen molar-refractivity contribution in [2.24, 2.45) is 5.14 Å². The molecule has 0 aliphatic carbocycles. The Morgan fingerprint density at radius 1 is 1.43 bits per heavy atom. The van der Waals surface area contributed by atoms with E-state index in [1.807, 2.05) is 12.1 Å². The van der Waals surface area contributed by atoms with E-state index in [9.17, 15) is 8.42 Å². The molecule has 0 aliphatic rings. The number of hydrogen-bond acceptors (Lipinski definition) is 4. The van der Waals surface area contributed by atoms with E-state index in [-0.39, 0.29) is 5.03 Å². The van der Waals surface area contributed by atoms with E-state index >= 15 is 0 Å². The van der Waals surface area contributed by atoms with Crippen LogP contribution < -0.4 is 5.14 Å². The van der Waals surface area contributed by atoms with Gasteiger partial charge < -0.3 is 4.98 Å². The summed E-state index contributed by atoms with van der Waals surface area (Å²) in [7, 11) is -3.89. The third-order valence-electron chi connectivity index (χ3n) is 2.95. The molecule has 2 aromatic heterocycles. The SMILES string of the molecule is N#Cc1cc2cccc(-n3cc(S(N)(=O)=O)nc3Br)c2[nH]1. The molecule has 21 heavy (non-hydrogen) atoms. The number of primary sulfonamides is 1. The first-order chi connectivity index (χ1) is 9.90. The molecule has 0 amide bonds. The van der Waals surface area contributed by atoms with Gasteiger partial charge in [-0.1, -0.05) is 12.1 Å². The number of benzene rings is 1. The zero-order chi connectivity index (χ0) is 15.2. The number of para-hydroxylation sites is 1. The molecular weight excluding hydrogens is 358 g/mol. The van der Waals surface area contributed by atoms with E-state index in [1.54, 1.807) is 22.8 Å². The van der Waals surface area contributed by atoms with Crippen molar-refractivity contribution < 1.29 is 8.42 Å². The summed E-state index contributed by atoms with van der Waals surface area (Å²) in [6.07, 6.45) is 1.32. The first-order valence-electron chi connectivity index (χ1n) is 5.70. The van der Waals surface area contributed by atoms with Gasteiger partial charge in [-0.3, -0.25) is 4.57 Å². The van der Waals surface area contributed by atoms with Gasteiger partial charge in [-0.05, 0) is 28.1 Å². The fourth-order valence-electron chi connectivity index (χ4n) is 2.04. The molecule has 3 aromatic rings. The van der Waals surface area contributed by atoms with Crippen LogP contribution in [0.2, 0.25) is 0 Å². The van der Waals surface area contributed by atoms with Crippen LogP contribution in [0.5, 0.6) is 0 Å². The molecule has 0 radical (unpaired) electrons. The lowest BCUT2D eigenvalue weighted by molar-refractivity contribution is 0.594. The Hall–Kier alpha value is -2.15. The van der Waals surface area contributed by atoms with Gasteiger partial charge in [0.2, 0.25) is 0 Å². The quantitative estimate of drug-likeness (QED) is 0.717. The maximum Gasteiger partial charge on any atom is 0.257 e. The molecule has 3 N–H and O–H groups in total. The average Bonchev–Trinajstić information content (AvgIpc) is 3.00. The molecule has 0 aliphatic heterocycles. The van der Waals surface area contributed by atoms with Crippen molar-refractivity contribution in [3.05, 3.63) is 40.9 Å². The maximum absolute atomic E-state index is 11.4. The lowest BCUT2D eigenvalue weighted by Gasteiger charge is -2.05. The van der Waals surface area contributed by atoms with Crippen molar-refractivity contribution in [2.45, 2.75) is 5.03 Å². The molecular formula is C12H8BrN5O2S. The minimum atomic E-state index is -3.89. The molecule has 0 unspecified atom stereocenters. The number of nitrogens with zero attached hydrogens (tertiary/aromatic N) is 3. The van der Waals surface area contributed by atoms with Gasteiger partial charge in [0.05, 0.1) is 17.4 Å². The molecule has 106 valence electrons. The van der Waals surface area contributed by atoms with Crippen LogP contribution in [0.25, 0.3) is 16.6 Å². The highest BCUT2D eigenvalue weighted by Crippen LogP contribution is 2.26. The summed E-state index contributed by atoms with van der Waals surface area (Å²) in [4.78, 5) is 6.86. The molecule has 0 fully saturated rings. The second kappa shape index (κ2) is 4.70. The summed E-state index contributed by atoms with van der Waals surface area (Å²) in [5, 5.41) is 14.6. The summed E-state index contributed by atoms with van der Waals surface area (Å²) in [6, 6.07) is 9.17. The number of nitrogens with one attached hydrogen (secondary N) is 1. The maximum atomic E-state index is 11.4. The molecule has 0 spiro atoms. The van der Waals surface area contributed by atoms with Crippen LogP contribution in [0.1, 0.15) is 5.69 Å². The molecule has 3 rings (SSSR count). The first kappa shape index (κ1) is 13.8. The standard InChI is InChI=1S/C12H8BrN5O2S/c13-12-17-10(21(15,19)20)6-18(12)9-3-1-2-7-4-8(5-14)16-11(7)9/h1-4,6,16H,(H2,15,19,20). The van der Waals surface area contributed by atoms with Crippen LogP contribution in [-0.4, -0.2) is 23.0 Å². The van der Waals surface area contributed by atoms with Crippen LogP contribution in [0.3, 0.4) is 0 Å². The Kier molecular flexibility index (Phi) is 3.09. The summed E-state index contributed by atoms with van der Waals surface area (Å²) >= 11 is 3.21. The normalized spacial score (nSPS) is 11.7. The molecule has 1 aromatic carbocycles. The summed E-state index contributed by atoms with van der Waals surface area (Å²) in [5.41, 5.74) is 1.77. The van der Waals surface area contributed by atoms with Crippen LogP contribution in [0.4, 0.5) is 0 Å². The third kappa shape index (κ3) is 2.33. The first-order valence-corrected chi connectivity index (χ1v) is 8.04. The highest BCUT2D eigenvalue weighted by molar-refractivity contribution is 9.10. The Labute approximate surface area is 128 Å². The van der Waals surface area contributed by atoms with Crippen LogP contribution >= 0.6 is 15.9 Å². The molecule has 0 saturated heterocycles. The van der Waals surface area contributed by atoms with Crippen molar-refractivity contribution in [3.8, 4) is 11.8 Å². The van der Waals surface area contributed by atoms with Gasteiger partial charge in [0.25, 0.3) is 10.0 Å². The van der Waals surface area contributed by atoms with Crippen molar-refractivity contribution >= 4 is 36.9 Å². The van der Waals surface area contributed by atoms with Crippen LogP contribution in [-0.2, 0) is 10.0 Å². The lowest BCUT2D eigenvalue weighted by atomic mass is 10.2. The predicted octanol–water partition coefficient (Wildman–Crippen LogP) is 1.64. The van der Waals surface area contributed by atoms with Crippen molar-refractivity contribution in [2.75, 3.05) is 0 Å². The largest absolute Gasteiger partial charge is 0.345 e. The van der Waals surface area contributed by atoms with Crippen molar-refractivity contribution in [1.29, 1.82) is 5.26 Å². The zero-order valence-corrected chi connectivity index (χ0v) is 12.8. The molecule has 0 bridgehead atoms. The minimum absolute atomic E-state index is 0.238.